The molecule has 104 valence electrons. The first-order valence-electron chi connectivity index (χ1n) is 6.61. The zero-order valence-corrected chi connectivity index (χ0v) is 11.5. The minimum absolute atomic E-state index is 0.470. The summed E-state index contributed by atoms with van der Waals surface area (Å²) < 4.78 is 5.42. The molecule has 0 fully saturated rings. The molecule has 0 heterocycles. The van der Waals surface area contributed by atoms with Gasteiger partial charge in [-0.1, -0.05) is 33.6 Å². The van der Waals surface area contributed by atoms with Crippen LogP contribution in [0, 0.1) is 0 Å². The fraction of sp³-hybridized carbons (Fsp3) is 0.714. The lowest BCUT2D eigenvalue weighted by Crippen LogP contribution is -2.33. The quantitative estimate of drug-likeness (QED) is 0.359. The van der Waals surface area contributed by atoms with Crippen molar-refractivity contribution in [2.45, 2.75) is 64.9 Å². The highest BCUT2D eigenvalue weighted by atomic mass is 16.6. The summed E-state index contributed by atoms with van der Waals surface area (Å²) in [6.07, 6.45) is 7.13. The second-order valence-corrected chi connectivity index (χ2v) is 4.42. The summed E-state index contributed by atoms with van der Waals surface area (Å²) >= 11 is 0. The van der Waals surface area contributed by atoms with E-state index in [1.54, 1.807) is 0 Å². The smallest absolute Gasteiger partial charge is 0.331 e. The highest BCUT2D eigenvalue weighted by molar-refractivity contribution is 5.90. The van der Waals surface area contributed by atoms with Crippen molar-refractivity contribution in [3.63, 3.8) is 0 Å². The summed E-state index contributed by atoms with van der Waals surface area (Å²) in [4.78, 5) is 21.7. The molecular formula is C14H23O4-. The van der Waals surface area contributed by atoms with Crippen LogP contribution in [-0.2, 0) is 14.3 Å². The summed E-state index contributed by atoms with van der Waals surface area (Å²) in [5.74, 6) is -2.00. The molecule has 0 aliphatic heterocycles. The average Bonchev–Trinajstić information content (AvgIpc) is 2.35. The highest BCUT2D eigenvalue weighted by Gasteiger charge is 2.29. The number of carbonyl (C=O) groups excluding carboxylic acids is 2. The van der Waals surface area contributed by atoms with Gasteiger partial charge in [0.15, 0.2) is 0 Å². The van der Waals surface area contributed by atoms with Crippen LogP contribution >= 0.6 is 0 Å². The van der Waals surface area contributed by atoms with Crippen LogP contribution in [0.4, 0.5) is 0 Å². The van der Waals surface area contributed by atoms with Gasteiger partial charge in [0.1, 0.15) is 5.60 Å². The van der Waals surface area contributed by atoms with Gasteiger partial charge in [0.25, 0.3) is 0 Å². The van der Waals surface area contributed by atoms with E-state index in [1.807, 2.05) is 13.8 Å². The first-order valence-corrected chi connectivity index (χ1v) is 6.61. The van der Waals surface area contributed by atoms with Crippen molar-refractivity contribution in [3.05, 3.63) is 12.2 Å². The molecule has 0 aromatic rings. The number of esters is 1. The highest BCUT2D eigenvalue weighted by Crippen LogP contribution is 2.27. The maximum absolute atomic E-state index is 11.5. The van der Waals surface area contributed by atoms with E-state index < -0.39 is 17.5 Å². The van der Waals surface area contributed by atoms with Gasteiger partial charge in [-0.3, -0.25) is 0 Å². The first kappa shape index (κ1) is 16.7. The second-order valence-electron chi connectivity index (χ2n) is 4.42. The Morgan fingerprint density at radius 3 is 2.17 bits per heavy atom. The molecular weight excluding hydrogens is 232 g/mol. The van der Waals surface area contributed by atoms with E-state index in [9.17, 15) is 14.7 Å². The van der Waals surface area contributed by atoms with Gasteiger partial charge in [0.2, 0.25) is 0 Å². The number of carbonyl (C=O) groups is 2. The van der Waals surface area contributed by atoms with Gasteiger partial charge < -0.3 is 14.6 Å². The molecule has 0 amide bonds. The summed E-state index contributed by atoms with van der Waals surface area (Å²) in [6, 6.07) is 0. The lowest BCUT2D eigenvalue weighted by molar-refractivity contribution is -0.297. The van der Waals surface area contributed by atoms with E-state index in [4.69, 9.17) is 4.74 Å². The Labute approximate surface area is 109 Å². The Balaban J connectivity index is 4.49. The van der Waals surface area contributed by atoms with Crippen LogP contribution in [0.5, 0.6) is 0 Å². The zero-order valence-electron chi connectivity index (χ0n) is 11.5. The number of aliphatic carboxylic acids is 1. The van der Waals surface area contributed by atoms with Gasteiger partial charge >= 0.3 is 5.97 Å². The monoisotopic (exact) mass is 255 g/mol. The molecule has 0 atom stereocenters. The van der Waals surface area contributed by atoms with Crippen molar-refractivity contribution in [1.82, 2.24) is 0 Å². The van der Waals surface area contributed by atoms with Crippen molar-refractivity contribution in [2.75, 3.05) is 0 Å². The van der Waals surface area contributed by atoms with Crippen LogP contribution in [0.1, 0.15) is 59.3 Å². The van der Waals surface area contributed by atoms with E-state index in [2.05, 4.69) is 6.92 Å². The molecule has 0 rings (SSSR count). The number of ether oxygens (including phenoxy) is 1. The molecule has 0 aliphatic carbocycles. The fourth-order valence-electron chi connectivity index (χ4n) is 1.88. The second kappa shape index (κ2) is 8.72. The topological polar surface area (TPSA) is 66.4 Å². The molecule has 0 aliphatic rings. The van der Waals surface area contributed by atoms with Crippen molar-refractivity contribution in [3.8, 4) is 0 Å². The number of carboxylic acids is 1. The van der Waals surface area contributed by atoms with Crippen molar-refractivity contribution < 1.29 is 19.4 Å². The third-order valence-corrected chi connectivity index (χ3v) is 3.20. The molecule has 0 aromatic carbocycles. The number of hydrogen-bond donors (Lipinski definition) is 0. The fourth-order valence-corrected chi connectivity index (χ4v) is 1.88. The van der Waals surface area contributed by atoms with Gasteiger partial charge in [-0.25, -0.2) is 4.79 Å². The lowest BCUT2D eigenvalue weighted by atomic mass is 9.90. The summed E-state index contributed by atoms with van der Waals surface area (Å²) in [7, 11) is 0. The number of rotatable bonds is 9. The lowest BCUT2D eigenvalue weighted by Gasteiger charge is -2.31. The predicted molar refractivity (Wildman–Crippen MR) is 67.7 cm³/mol. The van der Waals surface area contributed by atoms with Gasteiger partial charge in [0, 0.05) is 6.08 Å². The normalized spacial score (nSPS) is 11.7. The van der Waals surface area contributed by atoms with E-state index in [0.717, 1.165) is 44.6 Å². The maximum atomic E-state index is 11.5. The van der Waals surface area contributed by atoms with E-state index in [0.29, 0.717) is 6.08 Å². The molecule has 4 nitrogen and oxygen atoms in total. The third kappa shape index (κ3) is 6.42. The Bertz CT molecular complexity index is 290. The van der Waals surface area contributed by atoms with Crippen LogP contribution in [0.2, 0.25) is 0 Å². The van der Waals surface area contributed by atoms with Gasteiger partial charge in [0.05, 0.1) is 5.97 Å². The SMILES string of the molecule is CCCCCC(CC)(CC)OC(=O)C=CC(=O)[O-]. The minimum atomic E-state index is -1.39. The Kier molecular flexibility index (Phi) is 8.08. The summed E-state index contributed by atoms with van der Waals surface area (Å²) in [6.45, 7) is 6.07. The molecule has 0 spiro atoms. The summed E-state index contributed by atoms with van der Waals surface area (Å²) in [5, 5.41) is 10.2. The van der Waals surface area contributed by atoms with Crippen LogP contribution in [0.25, 0.3) is 0 Å². The average molecular weight is 255 g/mol. The first-order chi connectivity index (χ1) is 8.49. The molecule has 18 heavy (non-hydrogen) atoms. The number of carboxylic acid groups (broad SMARTS) is 1. The molecule has 0 N–H and O–H groups in total. The standard InChI is InChI=1S/C14H24O4/c1-4-7-8-11-14(5-2,6-3)18-13(17)10-9-12(15)16/h9-10H,4-8,11H2,1-3H3,(H,15,16)/p-1. The van der Waals surface area contributed by atoms with Gasteiger partial charge in [-0.15, -0.1) is 0 Å². The molecule has 0 unspecified atom stereocenters. The van der Waals surface area contributed by atoms with E-state index in [-0.39, 0.29) is 0 Å². The van der Waals surface area contributed by atoms with E-state index in [1.165, 1.54) is 0 Å². The Morgan fingerprint density at radius 1 is 1.11 bits per heavy atom. The summed E-state index contributed by atoms with van der Waals surface area (Å²) in [5.41, 5.74) is -0.470. The van der Waals surface area contributed by atoms with Crippen LogP contribution in [0.15, 0.2) is 12.2 Å². The Morgan fingerprint density at radius 2 is 1.72 bits per heavy atom. The molecule has 0 radical (unpaired) electrons. The van der Waals surface area contributed by atoms with Crippen LogP contribution in [0.3, 0.4) is 0 Å². The van der Waals surface area contributed by atoms with Gasteiger partial charge in [-0.2, -0.15) is 0 Å². The third-order valence-electron chi connectivity index (χ3n) is 3.20. The molecule has 0 bridgehead atoms. The van der Waals surface area contributed by atoms with Gasteiger partial charge in [-0.05, 0) is 31.8 Å². The Hall–Kier alpha value is -1.32. The van der Waals surface area contributed by atoms with Crippen molar-refractivity contribution in [2.24, 2.45) is 0 Å². The van der Waals surface area contributed by atoms with Crippen LogP contribution in [-0.4, -0.2) is 17.5 Å². The molecule has 4 heteroatoms. The van der Waals surface area contributed by atoms with Crippen molar-refractivity contribution >= 4 is 11.9 Å². The molecule has 0 saturated heterocycles. The predicted octanol–water partition coefficient (Wildman–Crippen LogP) is 1.97. The largest absolute Gasteiger partial charge is 0.545 e. The molecule has 0 saturated carbocycles. The molecule has 0 aromatic heterocycles. The minimum Gasteiger partial charge on any atom is -0.545 e. The maximum Gasteiger partial charge on any atom is 0.331 e. The van der Waals surface area contributed by atoms with Crippen molar-refractivity contribution in [1.29, 1.82) is 0 Å². The number of hydrogen-bond acceptors (Lipinski definition) is 4. The van der Waals surface area contributed by atoms with E-state index >= 15 is 0 Å². The number of unbranched alkanes of at least 4 members (excludes halogenated alkanes) is 2. The van der Waals surface area contributed by atoms with Crippen LogP contribution < -0.4 is 5.11 Å². The zero-order chi connectivity index (χ0) is 14.0.